The average molecular weight is 402 g/mol. The zero-order valence-electron chi connectivity index (χ0n) is 14.3. The largest absolute Gasteiger partial charge is 0.495 e. The van der Waals surface area contributed by atoms with E-state index in [2.05, 4.69) is 16.0 Å². The molecule has 0 fully saturated rings. The van der Waals surface area contributed by atoms with E-state index in [1.807, 2.05) is 6.07 Å². The van der Waals surface area contributed by atoms with Crippen molar-refractivity contribution in [2.75, 3.05) is 23.1 Å². The third-order valence-electron chi connectivity index (χ3n) is 3.56. The van der Waals surface area contributed by atoms with Gasteiger partial charge in [0.1, 0.15) is 5.75 Å². The molecular weight excluding hydrogens is 386 g/mol. The van der Waals surface area contributed by atoms with Crippen molar-refractivity contribution < 1.29 is 13.9 Å². The Bertz CT molecular complexity index is 943. The van der Waals surface area contributed by atoms with Crippen molar-refractivity contribution in [3.63, 3.8) is 0 Å². The van der Waals surface area contributed by atoms with E-state index in [9.17, 15) is 4.79 Å². The second-order valence-corrected chi connectivity index (χ2v) is 6.25. The summed E-state index contributed by atoms with van der Waals surface area (Å²) in [4.78, 5) is 11.9. The number of nitrogens with one attached hydrogen (secondary N) is 3. The molecule has 27 heavy (non-hydrogen) atoms. The van der Waals surface area contributed by atoms with Crippen molar-refractivity contribution >= 4 is 51.9 Å². The Balaban J connectivity index is 1.57. The van der Waals surface area contributed by atoms with Crippen LogP contribution in [0.15, 0.2) is 65.3 Å². The van der Waals surface area contributed by atoms with Crippen LogP contribution in [-0.4, -0.2) is 18.1 Å². The summed E-state index contributed by atoms with van der Waals surface area (Å²) in [5, 5.41) is 9.75. The number of furan rings is 1. The number of carbonyl (C=O) groups is 1. The van der Waals surface area contributed by atoms with E-state index in [4.69, 9.17) is 33.0 Å². The van der Waals surface area contributed by atoms with Crippen molar-refractivity contribution in [1.29, 1.82) is 0 Å². The van der Waals surface area contributed by atoms with Crippen LogP contribution in [-0.2, 0) is 0 Å². The maximum Gasteiger partial charge on any atom is 0.291 e. The van der Waals surface area contributed by atoms with Crippen LogP contribution in [0.25, 0.3) is 0 Å². The molecule has 0 saturated carbocycles. The Morgan fingerprint density at radius 1 is 1.00 bits per heavy atom. The van der Waals surface area contributed by atoms with Gasteiger partial charge in [0.2, 0.25) is 0 Å². The molecule has 138 valence electrons. The van der Waals surface area contributed by atoms with Crippen LogP contribution in [0.5, 0.6) is 5.75 Å². The number of hydrogen-bond acceptors (Lipinski definition) is 4. The topological polar surface area (TPSA) is 75.5 Å². The molecule has 0 spiro atoms. The zero-order chi connectivity index (χ0) is 19.2. The number of benzene rings is 2. The Labute approximate surface area is 166 Å². The summed E-state index contributed by atoms with van der Waals surface area (Å²) in [7, 11) is 1.56. The van der Waals surface area contributed by atoms with Crippen LogP contribution in [0.2, 0.25) is 5.02 Å². The summed E-state index contributed by atoms with van der Waals surface area (Å²) in [5.74, 6) is 0.531. The van der Waals surface area contributed by atoms with Gasteiger partial charge in [-0.1, -0.05) is 11.6 Å². The molecule has 0 atom stereocenters. The fraction of sp³-hybridized carbons (Fsp3) is 0.0526. The Morgan fingerprint density at radius 3 is 2.22 bits per heavy atom. The first-order valence-electron chi connectivity index (χ1n) is 7.91. The van der Waals surface area contributed by atoms with Gasteiger partial charge in [0.25, 0.3) is 5.91 Å². The van der Waals surface area contributed by atoms with Crippen molar-refractivity contribution in [1.82, 2.24) is 0 Å². The second kappa shape index (κ2) is 8.57. The van der Waals surface area contributed by atoms with Crippen molar-refractivity contribution in [3.05, 3.63) is 71.6 Å². The van der Waals surface area contributed by atoms with Crippen LogP contribution < -0.4 is 20.7 Å². The maximum atomic E-state index is 11.9. The highest BCUT2D eigenvalue weighted by atomic mass is 35.5. The highest BCUT2D eigenvalue weighted by molar-refractivity contribution is 7.80. The van der Waals surface area contributed by atoms with Crippen LogP contribution in [0.4, 0.5) is 17.1 Å². The third kappa shape index (κ3) is 4.99. The monoisotopic (exact) mass is 401 g/mol. The van der Waals surface area contributed by atoms with E-state index in [1.54, 1.807) is 55.6 Å². The molecular formula is C19H16ClN3O3S. The number of carbonyl (C=O) groups excluding carboxylic acids is 1. The van der Waals surface area contributed by atoms with Crippen LogP contribution in [0.1, 0.15) is 10.6 Å². The summed E-state index contributed by atoms with van der Waals surface area (Å²) < 4.78 is 10.2. The zero-order valence-corrected chi connectivity index (χ0v) is 15.9. The first-order valence-corrected chi connectivity index (χ1v) is 8.70. The van der Waals surface area contributed by atoms with E-state index < -0.39 is 0 Å². The summed E-state index contributed by atoms with van der Waals surface area (Å²) in [5.41, 5.74) is 2.14. The van der Waals surface area contributed by atoms with Crippen molar-refractivity contribution in [2.24, 2.45) is 0 Å². The molecule has 0 unspecified atom stereocenters. The van der Waals surface area contributed by atoms with Gasteiger partial charge in [0.05, 0.1) is 18.4 Å². The van der Waals surface area contributed by atoms with E-state index in [1.165, 1.54) is 6.26 Å². The highest BCUT2D eigenvalue weighted by Gasteiger charge is 2.08. The minimum atomic E-state index is -0.311. The van der Waals surface area contributed by atoms with Gasteiger partial charge in [-0.2, -0.15) is 0 Å². The van der Waals surface area contributed by atoms with Gasteiger partial charge in [-0.15, -0.1) is 0 Å². The summed E-state index contributed by atoms with van der Waals surface area (Å²) in [6.45, 7) is 0. The number of amides is 1. The minimum Gasteiger partial charge on any atom is -0.495 e. The standard InChI is InChI=1S/C19H16ClN3O3S/c1-25-16-9-8-14(11-15(16)20)23-19(27)22-13-6-4-12(5-7-13)21-18(24)17-3-2-10-26-17/h2-11H,1H3,(H,21,24)(H2,22,23,27). The lowest BCUT2D eigenvalue weighted by atomic mass is 10.2. The van der Waals surface area contributed by atoms with Crippen LogP contribution >= 0.6 is 23.8 Å². The molecule has 0 aliphatic carbocycles. The lowest BCUT2D eigenvalue weighted by Gasteiger charge is -2.12. The van der Waals surface area contributed by atoms with E-state index >= 15 is 0 Å². The molecule has 1 heterocycles. The number of rotatable bonds is 5. The molecule has 3 rings (SSSR count). The molecule has 3 N–H and O–H groups in total. The Kier molecular flexibility index (Phi) is 5.95. The van der Waals surface area contributed by atoms with Gasteiger partial charge in [-0.25, -0.2) is 0 Å². The molecule has 0 aliphatic rings. The molecule has 2 aromatic carbocycles. The fourth-order valence-electron chi connectivity index (χ4n) is 2.27. The van der Waals surface area contributed by atoms with Gasteiger partial charge in [-0.3, -0.25) is 4.79 Å². The number of thiocarbonyl (C=S) groups is 1. The third-order valence-corrected chi connectivity index (χ3v) is 4.05. The number of hydrogen-bond donors (Lipinski definition) is 3. The lowest BCUT2D eigenvalue weighted by Crippen LogP contribution is -2.19. The van der Waals surface area contributed by atoms with Crippen molar-refractivity contribution in [3.8, 4) is 5.75 Å². The lowest BCUT2D eigenvalue weighted by molar-refractivity contribution is 0.0996. The van der Waals surface area contributed by atoms with Gasteiger partial charge >= 0.3 is 0 Å². The predicted octanol–water partition coefficient (Wildman–Crippen LogP) is 5.00. The predicted molar refractivity (Wildman–Crippen MR) is 111 cm³/mol. The van der Waals surface area contributed by atoms with Gasteiger partial charge in [0, 0.05) is 17.1 Å². The normalized spacial score (nSPS) is 10.1. The summed E-state index contributed by atoms with van der Waals surface area (Å²) >= 11 is 11.4. The Hall–Kier alpha value is -3.03. The molecule has 0 saturated heterocycles. The minimum absolute atomic E-state index is 0.251. The van der Waals surface area contributed by atoms with E-state index in [-0.39, 0.29) is 11.7 Å². The molecule has 6 nitrogen and oxygen atoms in total. The molecule has 1 amide bonds. The SMILES string of the molecule is COc1ccc(NC(=S)Nc2ccc(NC(=O)c3ccco3)cc2)cc1Cl. The van der Waals surface area contributed by atoms with Gasteiger partial charge in [-0.05, 0) is 66.8 Å². The highest BCUT2D eigenvalue weighted by Crippen LogP contribution is 2.27. The molecule has 1 aromatic heterocycles. The first kappa shape index (κ1) is 18.8. The van der Waals surface area contributed by atoms with E-state index in [0.29, 0.717) is 21.6 Å². The summed E-state index contributed by atoms with van der Waals surface area (Å²) in [6.07, 6.45) is 1.45. The van der Waals surface area contributed by atoms with Gasteiger partial charge in [0.15, 0.2) is 10.9 Å². The Morgan fingerprint density at radius 2 is 1.63 bits per heavy atom. The molecule has 3 aromatic rings. The maximum absolute atomic E-state index is 11.9. The van der Waals surface area contributed by atoms with E-state index in [0.717, 1.165) is 11.4 Å². The molecule has 0 aliphatic heterocycles. The fourth-order valence-corrected chi connectivity index (χ4v) is 2.77. The number of methoxy groups -OCH3 is 1. The number of anilines is 3. The quantitative estimate of drug-likeness (QED) is 0.522. The molecule has 8 heteroatoms. The summed E-state index contributed by atoms with van der Waals surface area (Å²) in [6, 6.07) is 15.7. The second-order valence-electron chi connectivity index (χ2n) is 5.44. The first-order chi connectivity index (χ1) is 13.0. The van der Waals surface area contributed by atoms with Crippen LogP contribution in [0.3, 0.4) is 0 Å². The van der Waals surface area contributed by atoms with Crippen molar-refractivity contribution in [2.45, 2.75) is 0 Å². The van der Waals surface area contributed by atoms with Gasteiger partial charge < -0.3 is 25.1 Å². The van der Waals surface area contributed by atoms with Crippen LogP contribution in [0, 0.1) is 0 Å². The smallest absolute Gasteiger partial charge is 0.291 e. The average Bonchev–Trinajstić information content (AvgIpc) is 3.18. The molecule has 0 radical (unpaired) electrons. The molecule has 0 bridgehead atoms. The number of ether oxygens (including phenoxy) is 1. The number of halogens is 1.